The van der Waals surface area contributed by atoms with Crippen LogP contribution in [0, 0.1) is 5.92 Å². The molecule has 4 nitrogen and oxygen atoms in total. The van der Waals surface area contributed by atoms with Gasteiger partial charge in [-0.05, 0) is 31.9 Å². The fourth-order valence-electron chi connectivity index (χ4n) is 3.08. The molecule has 20 heavy (non-hydrogen) atoms. The Balaban J connectivity index is 1.95. The lowest BCUT2D eigenvalue weighted by Crippen LogP contribution is -2.39. The lowest BCUT2D eigenvalue weighted by atomic mass is 10.00. The third kappa shape index (κ3) is 2.24. The Bertz CT molecular complexity index is 540. The molecule has 2 heterocycles. The number of carbonyl (C=O) groups excluding carboxylic acids is 2. The Morgan fingerprint density at radius 1 is 1.35 bits per heavy atom. The minimum Gasteiger partial charge on any atom is -0.378 e. The van der Waals surface area contributed by atoms with Crippen molar-refractivity contribution in [2.75, 3.05) is 18.1 Å². The van der Waals surface area contributed by atoms with E-state index in [0.29, 0.717) is 25.1 Å². The van der Waals surface area contributed by atoms with E-state index >= 15 is 0 Å². The fourth-order valence-corrected chi connectivity index (χ4v) is 3.08. The van der Waals surface area contributed by atoms with Crippen molar-refractivity contribution >= 4 is 17.4 Å². The maximum atomic E-state index is 12.8. The zero-order valence-electron chi connectivity index (χ0n) is 11.7. The van der Waals surface area contributed by atoms with Gasteiger partial charge < -0.3 is 9.64 Å². The highest BCUT2D eigenvalue weighted by Crippen LogP contribution is 2.30. The van der Waals surface area contributed by atoms with Gasteiger partial charge in [-0.2, -0.15) is 0 Å². The number of rotatable bonds is 1. The molecule has 1 fully saturated rings. The van der Waals surface area contributed by atoms with Crippen LogP contribution in [0.5, 0.6) is 0 Å². The number of fused-ring (bicyclic) bond motifs is 1. The summed E-state index contributed by atoms with van der Waals surface area (Å²) >= 11 is 0. The van der Waals surface area contributed by atoms with Crippen LogP contribution in [0.2, 0.25) is 0 Å². The van der Waals surface area contributed by atoms with Gasteiger partial charge in [-0.3, -0.25) is 9.59 Å². The summed E-state index contributed by atoms with van der Waals surface area (Å²) in [6.07, 6.45) is 1.97. The van der Waals surface area contributed by atoms with Crippen molar-refractivity contribution in [3.05, 3.63) is 29.8 Å². The highest BCUT2D eigenvalue weighted by Gasteiger charge is 2.36. The summed E-state index contributed by atoms with van der Waals surface area (Å²) in [6, 6.07) is 7.42. The fraction of sp³-hybridized carbons (Fsp3) is 0.500. The molecule has 0 aliphatic carbocycles. The predicted molar refractivity (Wildman–Crippen MR) is 75.9 cm³/mol. The average Bonchev–Trinajstić information content (AvgIpc) is 2.81. The molecule has 1 aromatic carbocycles. The quantitative estimate of drug-likeness (QED) is 0.789. The van der Waals surface area contributed by atoms with Crippen LogP contribution in [0.3, 0.4) is 0 Å². The van der Waals surface area contributed by atoms with Gasteiger partial charge in [0.1, 0.15) is 0 Å². The number of carbonyl (C=O) groups is 2. The van der Waals surface area contributed by atoms with Crippen LogP contribution in [0.4, 0.5) is 5.69 Å². The molecule has 3 rings (SSSR count). The van der Waals surface area contributed by atoms with E-state index in [1.54, 1.807) is 4.90 Å². The zero-order valence-corrected chi connectivity index (χ0v) is 11.7. The van der Waals surface area contributed by atoms with Crippen LogP contribution < -0.4 is 4.90 Å². The monoisotopic (exact) mass is 273 g/mol. The second-order valence-electron chi connectivity index (χ2n) is 5.50. The SMILES string of the molecule is CC1OCCC1C(=O)N1CCCC(=O)c2ccccc21. The smallest absolute Gasteiger partial charge is 0.232 e. The molecule has 0 bridgehead atoms. The van der Waals surface area contributed by atoms with Crippen LogP contribution in [0.25, 0.3) is 0 Å². The molecule has 0 radical (unpaired) electrons. The molecule has 2 aliphatic heterocycles. The molecule has 0 aromatic heterocycles. The molecule has 1 amide bonds. The van der Waals surface area contributed by atoms with E-state index in [2.05, 4.69) is 0 Å². The van der Waals surface area contributed by atoms with E-state index in [9.17, 15) is 9.59 Å². The van der Waals surface area contributed by atoms with Crippen LogP contribution >= 0.6 is 0 Å². The number of ketones is 1. The number of Topliss-reactive ketones (excluding diaryl/α,β-unsaturated/α-hetero) is 1. The van der Waals surface area contributed by atoms with E-state index < -0.39 is 0 Å². The molecule has 2 aliphatic rings. The Labute approximate surface area is 118 Å². The minimum atomic E-state index is -0.0868. The standard InChI is InChI=1S/C16H19NO3/c1-11-12(8-10-20-11)16(19)17-9-4-7-15(18)13-5-2-3-6-14(13)17/h2-3,5-6,11-12H,4,7-10H2,1H3. The van der Waals surface area contributed by atoms with Crippen LogP contribution in [-0.2, 0) is 9.53 Å². The Morgan fingerprint density at radius 3 is 2.90 bits per heavy atom. The predicted octanol–water partition coefficient (Wildman–Crippen LogP) is 2.42. The summed E-state index contributed by atoms with van der Waals surface area (Å²) in [7, 11) is 0. The van der Waals surface area contributed by atoms with Crippen molar-refractivity contribution in [2.24, 2.45) is 5.92 Å². The zero-order chi connectivity index (χ0) is 14.1. The Morgan fingerprint density at radius 2 is 2.15 bits per heavy atom. The molecule has 106 valence electrons. The molecule has 0 spiro atoms. The van der Waals surface area contributed by atoms with E-state index in [0.717, 1.165) is 18.5 Å². The first-order valence-electron chi connectivity index (χ1n) is 7.23. The van der Waals surface area contributed by atoms with E-state index in [4.69, 9.17) is 4.74 Å². The molecule has 1 saturated heterocycles. The number of hydrogen-bond donors (Lipinski definition) is 0. The second kappa shape index (κ2) is 5.37. The molecule has 2 unspecified atom stereocenters. The summed E-state index contributed by atoms with van der Waals surface area (Å²) in [6.45, 7) is 3.21. The van der Waals surface area contributed by atoms with Gasteiger partial charge in [-0.15, -0.1) is 0 Å². The summed E-state index contributed by atoms with van der Waals surface area (Å²) in [5.41, 5.74) is 1.43. The van der Waals surface area contributed by atoms with E-state index in [1.165, 1.54) is 0 Å². The number of nitrogens with zero attached hydrogens (tertiary/aromatic N) is 1. The van der Waals surface area contributed by atoms with Gasteiger partial charge in [-0.1, -0.05) is 12.1 Å². The normalized spacial score (nSPS) is 26.2. The van der Waals surface area contributed by atoms with Gasteiger partial charge in [0, 0.05) is 25.1 Å². The molecular formula is C16H19NO3. The summed E-state index contributed by atoms with van der Waals surface area (Å²) in [4.78, 5) is 26.7. The van der Waals surface area contributed by atoms with Crippen molar-refractivity contribution in [3.8, 4) is 0 Å². The van der Waals surface area contributed by atoms with E-state index in [-0.39, 0.29) is 23.7 Å². The lowest BCUT2D eigenvalue weighted by Gasteiger charge is -2.26. The number of ether oxygens (including phenoxy) is 1. The third-order valence-electron chi connectivity index (χ3n) is 4.24. The van der Waals surface area contributed by atoms with Gasteiger partial charge in [0.15, 0.2) is 5.78 Å². The summed E-state index contributed by atoms with van der Waals surface area (Å²) < 4.78 is 5.50. The van der Waals surface area contributed by atoms with Crippen molar-refractivity contribution in [1.29, 1.82) is 0 Å². The summed E-state index contributed by atoms with van der Waals surface area (Å²) in [5, 5.41) is 0. The Hall–Kier alpha value is -1.68. The van der Waals surface area contributed by atoms with Crippen molar-refractivity contribution in [3.63, 3.8) is 0 Å². The minimum absolute atomic E-state index is 0.0337. The number of hydrogen-bond acceptors (Lipinski definition) is 3. The summed E-state index contributed by atoms with van der Waals surface area (Å²) in [5.74, 6) is 0.139. The van der Waals surface area contributed by atoms with Gasteiger partial charge in [0.25, 0.3) is 0 Å². The lowest BCUT2D eigenvalue weighted by molar-refractivity contribution is -0.123. The highest BCUT2D eigenvalue weighted by molar-refractivity contribution is 6.07. The molecule has 0 N–H and O–H groups in total. The van der Waals surface area contributed by atoms with E-state index in [1.807, 2.05) is 31.2 Å². The maximum Gasteiger partial charge on any atom is 0.232 e. The van der Waals surface area contributed by atoms with Crippen LogP contribution in [-0.4, -0.2) is 30.9 Å². The number of anilines is 1. The van der Waals surface area contributed by atoms with Gasteiger partial charge >= 0.3 is 0 Å². The average molecular weight is 273 g/mol. The first-order chi connectivity index (χ1) is 9.68. The van der Waals surface area contributed by atoms with Crippen LogP contribution in [0.1, 0.15) is 36.5 Å². The molecular weight excluding hydrogens is 254 g/mol. The van der Waals surface area contributed by atoms with Crippen molar-refractivity contribution < 1.29 is 14.3 Å². The largest absolute Gasteiger partial charge is 0.378 e. The third-order valence-corrected chi connectivity index (χ3v) is 4.24. The van der Waals surface area contributed by atoms with Crippen LogP contribution in [0.15, 0.2) is 24.3 Å². The van der Waals surface area contributed by atoms with Gasteiger partial charge in [0.2, 0.25) is 5.91 Å². The van der Waals surface area contributed by atoms with Crippen molar-refractivity contribution in [1.82, 2.24) is 0 Å². The maximum absolute atomic E-state index is 12.8. The number of amides is 1. The van der Waals surface area contributed by atoms with Crippen molar-refractivity contribution in [2.45, 2.75) is 32.3 Å². The highest BCUT2D eigenvalue weighted by atomic mass is 16.5. The molecule has 2 atom stereocenters. The van der Waals surface area contributed by atoms with Gasteiger partial charge in [0.05, 0.1) is 17.7 Å². The first kappa shape index (κ1) is 13.3. The second-order valence-corrected chi connectivity index (χ2v) is 5.50. The Kier molecular flexibility index (Phi) is 3.57. The first-order valence-corrected chi connectivity index (χ1v) is 7.23. The molecule has 4 heteroatoms. The number of benzene rings is 1. The topological polar surface area (TPSA) is 46.6 Å². The molecule has 1 aromatic rings. The molecule has 0 saturated carbocycles. The number of para-hydroxylation sites is 1. The van der Waals surface area contributed by atoms with Gasteiger partial charge in [-0.25, -0.2) is 0 Å².